The Balaban J connectivity index is 2.27. The van der Waals surface area contributed by atoms with Crippen LogP contribution in [-0.2, 0) is 11.3 Å². The van der Waals surface area contributed by atoms with Crippen molar-refractivity contribution in [3.05, 3.63) is 11.8 Å². The first kappa shape index (κ1) is 11.1. The van der Waals surface area contributed by atoms with Gasteiger partial charge in [-0.25, -0.2) is 4.68 Å². The largest absolute Gasteiger partial charge is 0.383 e. The molecular weight excluding hydrogens is 206 g/mol. The Morgan fingerprint density at radius 1 is 1.56 bits per heavy atom. The van der Waals surface area contributed by atoms with Crippen LogP contribution in [0.5, 0.6) is 0 Å². The number of ether oxygens (including phenoxy) is 1. The third-order valence-corrected chi connectivity index (χ3v) is 2.85. The number of carbonyl (C=O) groups excluding carboxylic acids is 1. The van der Waals surface area contributed by atoms with Gasteiger partial charge < -0.3 is 9.64 Å². The molecule has 2 heterocycles. The van der Waals surface area contributed by atoms with Crippen LogP contribution >= 0.6 is 0 Å². The summed E-state index contributed by atoms with van der Waals surface area (Å²) >= 11 is 0. The molecule has 0 spiro atoms. The molecule has 0 radical (unpaired) electrons. The van der Waals surface area contributed by atoms with Crippen LogP contribution in [-0.4, -0.2) is 42.4 Å². The van der Waals surface area contributed by atoms with E-state index in [-0.39, 0.29) is 5.78 Å². The van der Waals surface area contributed by atoms with Gasteiger partial charge in [0, 0.05) is 26.7 Å². The molecule has 0 atom stereocenters. The molecule has 5 nitrogen and oxygen atoms in total. The minimum Gasteiger partial charge on any atom is -0.383 e. The summed E-state index contributed by atoms with van der Waals surface area (Å²) in [6.45, 7) is 4.92. The molecule has 0 saturated heterocycles. The molecule has 2 rings (SSSR count). The van der Waals surface area contributed by atoms with Gasteiger partial charge in [0.1, 0.15) is 5.82 Å². The predicted octanol–water partition coefficient (Wildman–Crippen LogP) is 0.942. The third-order valence-electron chi connectivity index (χ3n) is 2.85. The van der Waals surface area contributed by atoms with Crippen molar-refractivity contribution in [1.29, 1.82) is 0 Å². The van der Waals surface area contributed by atoms with E-state index in [2.05, 4.69) is 10.00 Å². The minimum absolute atomic E-state index is 0.0746. The van der Waals surface area contributed by atoms with Crippen molar-refractivity contribution >= 4 is 11.6 Å². The van der Waals surface area contributed by atoms with Crippen molar-refractivity contribution in [2.45, 2.75) is 19.9 Å². The second-order valence-electron chi connectivity index (χ2n) is 3.99. The summed E-state index contributed by atoms with van der Waals surface area (Å²) < 4.78 is 6.99. The molecule has 0 aromatic carbocycles. The molecule has 0 N–H and O–H groups in total. The lowest BCUT2D eigenvalue weighted by Gasteiger charge is -2.30. The van der Waals surface area contributed by atoms with E-state index >= 15 is 0 Å². The second-order valence-corrected chi connectivity index (χ2v) is 3.99. The number of Topliss-reactive ketones (excluding diaryl/α,β-unsaturated/α-hetero) is 1. The van der Waals surface area contributed by atoms with Gasteiger partial charge in [-0.1, -0.05) is 0 Å². The molecule has 1 aromatic rings. The van der Waals surface area contributed by atoms with E-state index in [0.29, 0.717) is 6.61 Å². The minimum atomic E-state index is 0.0746. The maximum Gasteiger partial charge on any atom is 0.165 e. The van der Waals surface area contributed by atoms with Gasteiger partial charge in [-0.15, -0.1) is 0 Å². The molecule has 0 amide bonds. The van der Waals surface area contributed by atoms with Gasteiger partial charge in [0.05, 0.1) is 18.4 Å². The molecule has 0 fully saturated rings. The maximum atomic E-state index is 11.5. The fourth-order valence-electron chi connectivity index (χ4n) is 2.06. The Bertz CT molecular complexity index is 387. The smallest absolute Gasteiger partial charge is 0.165 e. The van der Waals surface area contributed by atoms with E-state index in [9.17, 15) is 4.79 Å². The summed E-state index contributed by atoms with van der Waals surface area (Å²) in [5, 5.41) is 4.25. The van der Waals surface area contributed by atoms with Gasteiger partial charge >= 0.3 is 0 Å². The maximum absolute atomic E-state index is 11.5. The predicted molar refractivity (Wildman–Crippen MR) is 60.9 cm³/mol. The zero-order chi connectivity index (χ0) is 11.5. The SMILES string of the molecule is COCCN1CCCn2ncc(C(C)=O)c21. The molecule has 0 unspecified atom stereocenters. The molecule has 5 heteroatoms. The summed E-state index contributed by atoms with van der Waals surface area (Å²) in [5.74, 6) is 1.03. The van der Waals surface area contributed by atoms with E-state index in [0.717, 1.165) is 37.4 Å². The highest BCUT2D eigenvalue weighted by molar-refractivity contribution is 5.98. The lowest BCUT2D eigenvalue weighted by atomic mass is 10.2. The van der Waals surface area contributed by atoms with Crippen LogP contribution in [0.2, 0.25) is 0 Å². The van der Waals surface area contributed by atoms with Crippen molar-refractivity contribution in [2.75, 3.05) is 31.7 Å². The Kier molecular flexibility index (Phi) is 3.24. The zero-order valence-electron chi connectivity index (χ0n) is 9.77. The molecule has 1 aliphatic heterocycles. The number of carbonyl (C=O) groups is 1. The van der Waals surface area contributed by atoms with Crippen molar-refractivity contribution in [3.63, 3.8) is 0 Å². The highest BCUT2D eigenvalue weighted by Gasteiger charge is 2.23. The monoisotopic (exact) mass is 223 g/mol. The fourth-order valence-corrected chi connectivity index (χ4v) is 2.06. The fraction of sp³-hybridized carbons (Fsp3) is 0.636. The van der Waals surface area contributed by atoms with Crippen LogP contribution < -0.4 is 4.90 Å². The Morgan fingerprint density at radius 3 is 3.06 bits per heavy atom. The number of methoxy groups -OCH3 is 1. The number of rotatable bonds is 4. The van der Waals surface area contributed by atoms with Gasteiger partial charge in [0.25, 0.3) is 0 Å². The van der Waals surface area contributed by atoms with Crippen molar-refractivity contribution in [1.82, 2.24) is 9.78 Å². The van der Waals surface area contributed by atoms with Crippen molar-refractivity contribution in [2.24, 2.45) is 0 Å². The van der Waals surface area contributed by atoms with Crippen LogP contribution in [0.25, 0.3) is 0 Å². The highest BCUT2D eigenvalue weighted by atomic mass is 16.5. The number of aryl methyl sites for hydroxylation is 1. The first-order valence-electron chi connectivity index (χ1n) is 5.54. The Labute approximate surface area is 95.0 Å². The van der Waals surface area contributed by atoms with Crippen LogP contribution in [0.3, 0.4) is 0 Å². The van der Waals surface area contributed by atoms with Gasteiger partial charge in [0.2, 0.25) is 0 Å². The average molecular weight is 223 g/mol. The molecule has 0 saturated carbocycles. The number of anilines is 1. The zero-order valence-corrected chi connectivity index (χ0v) is 9.77. The molecule has 1 aliphatic rings. The topological polar surface area (TPSA) is 47.4 Å². The quantitative estimate of drug-likeness (QED) is 0.713. The average Bonchev–Trinajstić information content (AvgIpc) is 2.70. The normalized spacial score (nSPS) is 15.0. The van der Waals surface area contributed by atoms with Gasteiger partial charge in [-0.05, 0) is 13.3 Å². The summed E-state index contributed by atoms with van der Waals surface area (Å²) in [7, 11) is 1.69. The summed E-state index contributed by atoms with van der Waals surface area (Å²) in [5.41, 5.74) is 0.718. The lowest BCUT2D eigenvalue weighted by Crippen LogP contribution is -2.35. The Morgan fingerprint density at radius 2 is 2.38 bits per heavy atom. The van der Waals surface area contributed by atoms with Crippen LogP contribution in [0, 0.1) is 0 Å². The van der Waals surface area contributed by atoms with E-state index in [1.165, 1.54) is 0 Å². The van der Waals surface area contributed by atoms with E-state index < -0.39 is 0 Å². The molecule has 16 heavy (non-hydrogen) atoms. The number of fused-ring (bicyclic) bond motifs is 1. The van der Waals surface area contributed by atoms with E-state index in [4.69, 9.17) is 4.74 Å². The molecule has 1 aromatic heterocycles. The third kappa shape index (κ3) is 1.95. The summed E-state index contributed by atoms with van der Waals surface area (Å²) in [4.78, 5) is 13.7. The summed E-state index contributed by atoms with van der Waals surface area (Å²) in [6, 6.07) is 0. The van der Waals surface area contributed by atoms with Crippen LogP contribution in [0.15, 0.2) is 6.20 Å². The van der Waals surface area contributed by atoms with Crippen molar-refractivity contribution in [3.8, 4) is 0 Å². The first-order chi connectivity index (χ1) is 7.74. The molecular formula is C11H17N3O2. The number of nitrogens with zero attached hydrogens (tertiary/aromatic N) is 3. The van der Waals surface area contributed by atoms with Crippen LogP contribution in [0.1, 0.15) is 23.7 Å². The van der Waals surface area contributed by atoms with Crippen molar-refractivity contribution < 1.29 is 9.53 Å². The van der Waals surface area contributed by atoms with Crippen LogP contribution in [0.4, 0.5) is 5.82 Å². The number of ketones is 1. The summed E-state index contributed by atoms with van der Waals surface area (Å²) in [6.07, 6.45) is 2.73. The van der Waals surface area contributed by atoms with Gasteiger partial charge in [-0.2, -0.15) is 5.10 Å². The second kappa shape index (κ2) is 4.65. The standard InChI is InChI=1S/C11H17N3O2/c1-9(15)10-8-12-14-5-3-4-13(11(10)14)6-7-16-2/h8H,3-7H2,1-2H3. The number of hydrogen-bond acceptors (Lipinski definition) is 4. The number of aromatic nitrogens is 2. The number of hydrogen-bond donors (Lipinski definition) is 0. The molecule has 88 valence electrons. The van der Waals surface area contributed by atoms with E-state index in [1.54, 1.807) is 20.2 Å². The van der Waals surface area contributed by atoms with Gasteiger partial charge in [0.15, 0.2) is 5.78 Å². The molecule has 0 aliphatic carbocycles. The van der Waals surface area contributed by atoms with Gasteiger partial charge in [-0.3, -0.25) is 4.79 Å². The van der Waals surface area contributed by atoms with E-state index in [1.807, 2.05) is 4.68 Å². The Hall–Kier alpha value is -1.36. The molecule has 0 bridgehead atoms. The lowest BCUT2D eigenvalue weighted by molar-refractivity contribution is 0.101. The first-order valence-corrected chi connectivity index (χ1v) is 5.54. The highest BCUT2D eigenvalue weighted by Crippen LogP contribution is 2.24.